The quantitative estimate of drug-likeness (QED) is 0.521. The summed E-state index contributed by atoms with van der Waals surface area (Å²) in [6.07, 6.45) is 0.499. The van der Waals surface area contributed by atoms with E-state index in [0.29, 0.717) is 40.4 Å². The second kappa shape index (κ2) is 10.6. The maximum absolute atomic E-state index is 13.6. The molecule has 0 aliphatic carbocycles. The first kappa shape index (κ1) is 23.7. The first-order chi connectivity index (χ1) is 15.4. The Bertz CT molecular complexity index is 1170. The standard InChI is InChI=1S/C23H26ClFN4O3/c1-4-20(21-27-19-13-15(24)9-10-18(19)22(30)28(21)5-2)29(11-12-32-3)23(31)26-17-8-6-7-16(25)14-17/h6-10,13-14,20H,4-5,11-12H2,1-3H3,(H,26,31). The zero-order valence-electron chi connectivity index (χ0n) is 18.3. The monoisotopic (exact) mass is 460 g/mol. The van der Waals surface area contributed by atoms with Gasteiger partial charge in [-0.25, -0.2) is 14.2 Å². The van der Waals surface area contributed by atoms with Gasteiger partial charge in [0.15, 0.2) is 0 Å². The number of fused-ring (bicyclic) bond motifs is 1. The molecule has 0 saturated heterocycles. The Morgan fingerprint density at radius 3 is 2.72 bits per heavy atom. The Hall–Kier alpha value is -2.97. The molecule has 32 heavy (non-hydrogen) atoms. The van der Waals surface area contributed by atoms with Crippen LogP contribution in [-0.4, -0.2) is 40.7 Å². The fourth-order valence-corrected chi connectivity index (χ4v) is 3.83. The van der Waals surface area contributed by atoms with E-state index in [0.717, 1.165) is 0 Å². The second-order valence-corrected chi connectivity index (χ2v) is 7.67. The number of carbonyl (C=O) groups is 1. The van der Waals surface area contributed by atoms with Crippen LogP contribution in [0.5, 0.6) is 0 Å². The topological polar surface area (TPSA) is 76.5 Å². The van der Waals surface area contributed by atoms with Crippen molar-refractivity contribution in [2.24, 2.45) is 0 Å². The van der Waals surface area contributed by atoms with Crippen molar-refractivity contribution in [3.05, 3.63) is 69.5 Å². The third kappa shape index (κ3) is 5.08. The van der Waals surface area contributed by atoms with E-state index >= 15 is 0 Å². The average Bonchev–Trinajstić information content (AvgIpc) is 2.76. The van der Waals surface area contributed by atoms with Crippen LogP contribution in [0.1, 0.15) is 32.1 Å². The van der Waals surface area contributed by atoms with Gasteiger partial charge >= 0.3 is 6.03 Å². The molecule has 2 amide bonds. The number of benzene rings is 2. The summed E-state index contributed by atoms with van der Waals surface area (Å²) in [6.45, 7) is 4.69. The molecular weight excluding hydrogens is 435 g/mol. The zero-order valence-corrected chi connectivity index (χ0v) is 19.0. The van der Waals surface area contributed by atoms with Gasteiger partial charge in [-0.1, -0.05) is 24.6 Å². The Morgan fingerprint density at radius 1 is 1.28 bits per heavy atom. The van der Waals surface area contributed by atoms with Crippen molar-refractivity contribution in [1.29, 1.82) is 0 Å². The van der Waals surface area contributed by atoms with Crippen molar-refractivity contribution in [1.82, 2.24) is 14.5 Å². The molecule has 1 heterocycles. The van der Waals surface area contributed by atoms with Gasteiger partial charge in [0.25, 0.3) is 5.56 Å². The molecule has 1 unspecified atom stereocenters. The lowest BCUT2D eigenvalue weighted by Gasteiger charge is -2.32. The number of anilines is 1. The Morgan fingerprint density at radius 2 is 2.06 bits per heavy atom. The summed E-state index contributed by atoms with van der Waals surface area (Å²) >= 11 is 6.12. The molecule has 0 radical (unpaired) electrons. The number of methoxy groups -OCH3 is 1. The molecule has 170 valence electrons. The van der Waals surface area contributed by atoms with Crippen molar-refractivity contribution in [3.63, 3.8) is 0 Å². The van der Waals surface area contributed by atoms with Crippen LogP contribution in [0.3, 0.4) is 0 Å². The second-order valence-electron chi connectivity index (χ2n) is 7.23. The molecule has 0 aliphatic rings. The van der Waals surface area contributed by atoms with Gasteiger partial charge in [0.05, 0.1) is 23.6 Å². The number of carbonyl (C=O) groups excluding carboxylic acids is 1. The number of aromatic nitrogens is 2. The molecule has 9 heteroatoms. The summed E-state index contributed by atoms with van der Waals surface area (Å²) in [7, 11) is 1.54. The van der Waals surface area contributed by atoms with Gasteiger partial charge < -0.3 is 15.0 Å². The Labute approximate surface area is 190 Å². The van der Waals surface area contributed by atoms with Gasteiger partial charge in [-0.05, 0) is 49.7 Å². The van der Waals surface area contributed by atoms with Crippen molar-refractivity contribution in [2.75, 3.05) is 25.6 Å². The lowest BCUT2D eigenvalue weighted by Crippen LogP contribution is -2.42. The predicted molar refractivity (Wildman–Crippen MR) is 124 cm³/mol. The first-order valence-corrected chi connectivity index (χ1v) is 10.8. The highest BCUT2D eigenvalue weighted by molar-refractivity contribution is 6.31. The molecule has 7 nitrogen and oxygen atoms in total. The first-order valence-electron chi connectivity index (χ1n) is 10.4. The van der Waals surface area contributed by atoms with Crippen LogP contribution in [0, 0.1) is 5.82 Å². The third-order valence-corrected chi connectivity index (χ3v) is 5.43. The van der Waals surface area contributed by atoms with Gasteiger partial charge in [-0.15, -0.1) is 0 Å². The highest BCUT2D eigenvalue weighted by Crippen LogP contribution is 2.26. The summed E-state index contributed by atoms with van der Waals surface area (Å²) in [6, 6.07) is 9.66. The fourth-order valence-electron chi connectivity index (χ4n) is 3.66. The minimum Gasteiger partial charge on any atom is -0.383 e. The van der Waals surface area contributed by atoms with Crippen molar-refractivity contribution in [3.8, 4) is 0 Å². The highest BCUT2D eigenvalue weighted by Gasteiger charge is 2.28. The largest absolute Gasteiger partial charge is 0.383 e. The molecule has 1 N–H and O–H groups in total. The number of rotatable bonds is 8. The van der Waals surface area contributed by atoms with Gasteiger partial charge in [0.1, 0.15) is 11.6 Å². The van der Waals surface area contributed by atoms with E-state index in [9.17, 15) is 14.0 Å². The van der Waals surface area contributed by atoms with E-state index in [1.807, 2.05) is 13.8 Å². The molecular formula is C23H26ClFN4O3. The minimum atomic E-state index is -0.519. The van der Waals surface area contributed by atoms with E-state index in [1.54, 1.807) is 40.8 Å². The van der Waals surface area contributed by atoms with E-state index in [-0.39, 0.29) is 18.7 Å². The molecule has 1 aromatic heterocycles. The van der Waals surface area contributed by atoms with Crippen LogP contribution in [0.25, 0.3) is 10.9 Å². The van der Waals surface area contributed by atoms with Crippen LogP contribution in [0.2, 0.25) is 5.02 Å². The fraction of sp³-hybridized carbons (Fsp3) is 0.348. The van der Waals surface area contributed by atoms with Crippen molar-refractivity contribution >= 4 is 34.2 Å². The Balaban J connectivity index is 2.07. The number of urea groups is 1. The zero-order chi connectivity index (χ0) is 23.3. The number of hydrogen-bond acceptors (Lipinski definition) is 4. The van der Waals surface area contributed by atoms with E-state index in [4.69, 9.17) is 21.3 Å². The molecule has 3 aromatic rings. The van der Waals surface area contributed by atoms with E-state index in [1.165, 1.54) is 18.2 Å². The van der Waals surface area contributed by atoms with E-state index in [2.05, 4.69) is 5.32 Å². The smallest absolute Gasteiger partial charge is 0.322 e. The molecule has 3 rings (SSSR count). The molecule has 2 aromatic carbocycles. The van der Waals surface area contributed by atoms with Crippen LogP contribution in [0.4, 0.5) is 14.9 Å². The third-order valence-electron chi connectivity index (χ3n) is 5.20. The van der Waals surface area contributed by atoms with Crippen molar-refractivity contribution in [2.45, 2.75) is 32.9 Å². The minimum absolute atomic E-state index is 0.195. The lowest BCUT2D eigenvalue weighted by molar-refractivity contribution is 0.130. The number of hydrogen-bond donors (Lipinski definition) is 1. The maximum atomic E-state index is 13.6. The average molecular weight is 461 g/mol. The van der Waals surface area contributed by atoms with Crippen molar-refractivity contribution < 1.29 is 13.9 Å². The highest BCUT2D eigenvalue weighted by atomic mass is 35.5. The van der Waals surface area contributed by atoms with Gasteiger partial charge in [0, 0.05) is 30.9 Å². The Kier molecular flexibility index (Phi) is 7.82. The summed E-state index contributed by atoms with van der Waals surface area (Å²) < 4.78 is 20.4. The van der Waals surface area contributed by atoms with Crippen LogP contribution in [-0.2, 0) is 11.3 Å². The van der Waals surface area contributed by atoms with E-state index < -0.39 is 17.9 Å². The van der Waals surface area contributed by atoms with Crippen LogP contribution >= 0.6 is 11.6 Å². The van der Waals surface area contributed by atoms with Gasteiger partial charge in [-0.3, -0.25) is 9.36 Å². The maximum Gasteiger partial charge on any atom is 0.322 e. The summed E-state index contributed by atoms with van der Waals surface area (Å²) in [5.41, 5.74) is 0.608. The predicted octanol–water partition coefficient (Wildman–Crippen LogP) is 4.84. The summed E-state index contributed by atoms with van der Waals surface area (Å²) in [5, 5.41) is 3.66. The van der Waals surface area contributed by atoms with Gasteiger partial charge in [0.2, 0.25) is 0 Å². The molecule has 1 atom stereocenters. The van der Waals surface area contributed by atoms with Crippen LogP contribution in [0.15, 0.2) is 47.3 Å². The molecule has 0 spiro atoms. The number of nitrogens with zero attached hydrogens (tertiary/aromatic N) is 3. The molecule has 0 bridgehead atoms. The molecule has 0 saturated carbocycles. The number of ether oxygens (including phenoxy) is 1. The van der Waals surface area contributed by atoms with Gasteiger partial charge in [-0.2, -0.15) is 0 Å². The number of amides is 2. The number of halogens is 2. The van der Waals surface area contributed by atoms with Crippen LogP contribution < -0.4 is 10.9 Å². The summed E-state index contributed by atoms with van der Waals surface area (Å²) in [5.74, 6) is 0.00596. The SMILES string of the molecule is CCC(c1nc2cc(Cl)ccc2c(=O)n1CC)N(CCOC)C(=O)Nc1cccc(F)c1. The molecule has 0 aliphatic heterocycles. The lowest BCUT2D eigenvalue weighted by atomic mass is 10.1. The normalized spacial score (nSPS) is 12.0. The summed E-state index contributed by atoms with van der Waals surface area (Å²) in [4.78, 5) is 32.6. The number of nitrogens with one attached hydrogen (secondary N) is 1. The molecule has 0 fully saturated rings.